The molecule has 0 heterocycles. The maximum Gasteiger partial charge on any atom is 0.217 e. The predicted molar refractivity (Wildman–Crippen MR) is 101 cm³/mol. The van der Waals surface area contributed by atoms with Crippen LogP contribution in [-0.4, -0.2) is 34.4 Å². The number of fused-ring (bicyclic) bond motifs is 5. The molecule has 3 N–H and O–H groups in total. The molecule has 0 aromatic rings. The number of hydrogen-bond donors (Lipinski definition) is 3. The van der Waals surface area contributed by atoms with Crippen molar-refractivity contribution in [2.24, 2.45) is 34.5 Å². The van der Waals surface area contributed by atoms with Gasteiger partial charge in [-0.05, 0) is 79.4 Å². The zero-order chi connectivity index (χ0) is 18.9. The van der Waals surface area contributed by atoms with Crippen molar-refractivity contribution in [3.63, 3.8) is 0 Å². The zero-order valence-electron chi connectivity index (χ0n) is 16.5. The maximum atomic E-state index is 11.5. The normalized spacial score (nSPS) is 53.4. The highest BCUT2D eigenvalue weighted by molar-refractivity contribution is 5.73. The Bertz CT molecular complexity index is 619. The van der Waals surface area contributed by atoms with Gasteiger partial charge in [0.15, 0.2) is 0 Å². The third kappa shape index (κ3) is 2.44. The van der Waals surface area contributed by atoms with Gasteiger partial charge in [-0.15, -0.1) is 0 Å². The molecule has 1 amide bonds. The van der Waals surface area contributed by atoms with Gasteiger partial charge in [0, 0.05) is 13.0 Å². The number of carbonyl (C=O) groups is 1. The van der Waals surface area contributed by atoms with Gasteiger partial charge >= 0.3 is 0 Å². The van der Waals surface area contributed by atoms with E-state index in [0.29, 0.717) is 11.8 Å². The SMILES string of the molecule is C=C1CC[C@H]2C3[C@@H](O)[C@H](O)C4C[C@@H](NC(C)=O)CC[C@]4(C)[C@H]3CC[C@]12C. The van der Waals surface area contributed by atoms with Crippen LogP contribution in [0.1, 0.15) is 65.7 Å². The van der Waals surface area contributed by atoms with Crippen LogP contribution < -0.4 is 5.32 Å². The van der Waals surface area contributed by atoms with Crippen molar-refractivity contribution in [1.82, 2.24) is 5.32 Å². The van der Waals surface area contributed by atoms with Crippen molar-refractivity contribution in [1.29, 1.82) is 0 Å². The molecule has 4 aliphatic rings. The fraction of sp³-hybridized carbons (Fsp3) is 0.864. The molecule has 0 aromatic carbocycles. The lowest BCUT2D eigenvalue weighted by molar-refractivity contribution is -0.211. The monoisotopic (exact) mass is 361 g/mol. The molecule has 4 aliphatic carbocycles. The first-order valence-corrected chi connectivity index (χ1v) is 10.5. The van der Waals surface area contributed by atoms with Gasteiger partial charge in [-0.1, -0.05) is 26.0 Å². The van der Waals surface area contributed by atoms with E-state index in [1.807, 2.05) is 0 Å². The Morgan fingerprint density at radius 2 is 1.81 bits per heavy atom. The molecule has 2 unspecified atom stereocenters. The molecule has 0 aromatic heterocycles. The summed E-state index contributed by atoms with van der Waals surface area (Å²) in [7, 11) is 0. The van der Waals surface area contributed by atoms with Crippen molar-refractivity contribution < 1.29 is 15.0 Å². The second-order valence-electron chi connectivity index (χ2n) is 10.2. The van der Waals surface area contributed by atoms with Gasteiger partial charge in [-0.25, -0.2) is 0 Å². The summed E-state index contributed by atoms with van der Waals surface area (Å²) in [6, 6.07) is 0.129. The van der Waals surface area contributed by atoms with Crippen LogP contribution in [0.2, 0.25) is 0 Å². The van der Waals surface area contributed by atoms with E-state index >= 15 is 0 Å². The summed E-state index contributed by atoms with van der Waals surface area (Å²) in [4.78, 5) is 11.5. The number of aliphatic hydroxyl groups is 2. The molecule has 4 saturated carbocycles. The largest absolute Gasteiger partial charge is 0.390 e. The lowest BCUT2D eigenvalue weighted by Crippen LogP contribution is -2.64. The summed E-state index contributed by atoms with van der Waals surface area (Å²) in [5.74, 6) is 1.16. The van der Waals surface area contributed by atoms with Crippen molar-refractivity contribution in [2.75, 3.05) is 0 Å². The third-order valence-corrected chi connectivity index (χ3v) is 9.12. The number of amides is 1. The first-order valence-electron chi connectivity index (χ1n) is 10.5. The Morgan fingerprint density at radius 1 is 1.08 bits per heavy atom. The van der Waals surface area contributed by atoms with Gasteiger partial charge in [-0.2, -0.15) is 0 Å². The molecule has 0 spiro atoms. The Balaban J connectivity index is 1.64. The van der Waals surface area contributed by atoms with Crippen molar-refractivity contribution in [3.05, 3.63) is 12.2 Å². The minimum Gasteiger partial charge on any atom is -0.390 e. The van der Waals surface area contributed by atoms with Gasteiger partial charge in [0.2, 0.25) is 5.91 Å². The Morgan fingerprint density at radius 3 is 2.50 bits per heavy atom. The first-order chi connectivity index (χ1) is 12.2. The molecule has 0 aliphatic heterocycles. The quantitative estimate of drug-likeness (QED) is 0.629. The minimum atomic E-state index is -0.686. The van der Waals surface area contributed by atoms with E-state index in [0.717, 1.165) is 44.9 Å². The van der Waals surface area contributed by atoms with Crippen LogP contribution in [0.15, 0.2) is 12.2 Å². The molecular formula is C22H35NO3. The van der Waals surface area contributed by atoms with Crippen LogP contribution in [0, 0.1) is 34.5 Å². The van der Waals surface area contributed by atoms with E-state index in [1.54, 1.807) is 6.92 Å². The van der Waals surface area contributed by atoms with E-state index in [2.05, 4.69) is 25.7 Å². The van der Waals surface area contributed by atoms with Crippen molar-refractivity contribution in [3.8, 4) is 0 Å². The number of hydrogen-bond acceptors (Lipinski definition) is 3. The summed E-state index contributed by atoms with van der Waals surface area (Å²) in [6.07, 6.45) is 5.92. The summed E-state index contributed by atoms with van der Waals surface area (Å²) in [5.41, 5.74) is 1.55. The van der Waals surface area contributed by atoms with Crippen LogP contribution in [0.3, 0.4) is 0 Å². The highest BCUT2D eigenvalue weighted by atomic mass is 16.3. The van der Waals surface area contributed by atoms with Gasteiger partial charge in [0.25, 0.3) is 0 Å². The molecule has 0 radical (unpaired) electrons. The number of nitrogens with one attached hydrogen (secondary N) is 1. The fourth-order valence-corrected chi connectivity index (χ4v) is 7.59. The fourth-order valence-electron chi connectivity index (χ4n) is 7.59. The number of rotatable bonds is 1. The molecule has 146 valence electrons. The van der Waals surface area contributed by atoms with E-state index in [-0.39, 0.29) is 34.6 Å². The van der Waals surface area contributed by atoms with Crippen LogP contribution in [0.4, 0.5) is 0 Å². The van der Waals surface area contributed by atoms with E-state index in [9.17, 15) is 15.0 Å². The topological polar surface area (TPSA) is 69.6 Å². The smallest absolute Gasteiger partial charge is 0.217 e. The first kappa shape index (κ1) is 18.5. The van der Waals surface area contributed by atoms with Crippen molar-refractivity contribution >= 4 is 5.91 Å². The second kappa shape index (κ2) is 6.07. The Hall–Kier alpha value is -0.870. The molecule has 0 bridgehead atoms. The minimum absolute atomic E-state index is 0.000211. The lowest BCUT2D eigenvalue weighted by atomic mass is 9.43. The number of aliphatic hydroxyl groups excluding tert-OH is 2. The summed E-state index contributed by atoms with van der Waals surface area (Å²) >= 11 is 0. The molecule has 0 saturated heterocycles. The van der Waals surface area contributed by atoms with Gasteiger partial charge in [-0.3, -0.25) is 4.79 Å². The molecule has 4 heteroatoms. The molecule has 26 heavy (non-hydrogen) atoms. The van der Waals surface area contributed by atoms with Gasteiger partial charge in [0.1, 0.15) is 0 Å². The second-order valence-corrected chi connectivity index (χ2v) is 10.2. The average Bonchev–Trinajstić information content (AvgIpc) is 2.88. The third-order valence-electron chi connectivity index (χ3n) is 9.12. The Labute approximate surface area is 157 Å². The van der Waals surface area contributed by atoms with Crippen LogP contribution >= 0.6 is 0 Å². The van der Waals surface area contributed by atoms with E-state index in [1.165, 1.54) is 5.57 Å². The zero-order valence-corrected chi connectivity index (χ0v) is 16.5. The summed E-state index contributed by atoms with van der Waals surface area (Å²) in [5, 5.41) is 25.3. The van der Waals surface area contributed by atoms with Crippen LogP contribution in [-0.2, 0) is 4.79 Å². The molecule has 4 fully saturated rings. The van der Waals surface area contributed by atoms with Crippen molar-refractivity contribution in [2.45, 2.75) is 84.0 Å². The van der Waals surface area contributed by atoms with Crippen LogP contribution in [0.5, 0.6) is 0 Å². The summed E-state index contributed by atoms with van der Waals surface area (Å²) < 4.78 is 0. The highest BCUT2D eigenvalue weighted by Gasteiger charge is 2.63. The molecule has 4 rings (SSSR count). The van der Waals surface area contributed by atoms with Gasteiger partial charge < -0.3 is 15.5 Å². The molecule has 9 atom stereocenters. The number of carbonyl (C=O) groups excluding carboxylic acids is 1. The average molecular weight is 362 g/mol. The highest BCUT2D eigenvalue weighted by Crippen LogP contribution is 2.67. The predicted octanol–water partition coefficient (Wildman–Crippen LogP) is 3.03. The maximum absolute atomic E-state index is 11.5. The van der Waals surface area contributed by atoms with Gasteiger partial charge in [0.05, 0.1) is 12.2 Å². The number of allylic oxidation sites excluding steroid dienone is 1. The standard InChI is InChI=1S/C22H35NO3/c1-12-5-6-15-18-16(8-10-21(12,15)3)22(4)9-7-14(23-13(2)24)11-17(22)19(25)20(18)26/h14-20,25-26H,1,5-11H2,2-4H3,(H,23,24)/t14-,15-,16-,17?,18?,19+,20+,21+,22+/m0/s1. The van der Waals surface area contributed by atoms with E-state index in [4.69, 9.17) is 0 Å². The lowest BCUT2D eigenvalue weighted by Gasteiger charge is -2.63. The van der Waals surface area contributed by atoms with Crippen LogP contribution in [0.25, 0.3) is 0 Å². The van der Waals surface area contributed by atoms with E-state index < -0.39 is 12.2 Å². The summed E-state index contributed by atoms with van der Waals surface area (Å²) in [6.45, 7) is 10.6. The molecular weight excluding hydrogens is 326 g/mol. The Kier molecular flexibility index (Phi) is 4.31. The molecule has 4 nitrogen and oxygen atoms in total.